The molecule has 0 aliphatic carbocycles. The van der Waals surface area contributed by atoms with Crippen molar-refractivity contribution in [2.24, 2.45) is 0 Å². The highest BCUT2D eigenvalue weighted by atomic mass is 15.0. The van der Waals surface area contributed by atoms with Crippen molar-refractivity contribution in [3.05, 3.63) is 306 Å². The lowest BCUT2D eigenvalue weighted by atomic mass is 9.34. The smallest absolute Gasteiger partial charge is 0.242 e. The minimum Gasteiger partial charge on any atom is -0.309 e. The Morgan fingerprint density at radius 3 is 1.02 bits per heavy atom. The van der Waals surface area contributed by atoms with Gasteiger partial charge in [-0.1, -0.05) is 232 Å². The van der Waals surface area contributed by atoms with Gasteiger partial charge in [0.15, 0.2) is 0 Å². The van der Waals surface area contributed by atoms with Crippen LogP contribution in [0.1, 0.15) is 33.4 Å². The van der Waals surface area contributed by atoms with E-state index in [9.17, 15) is 0 Å². The zero-order valence-corrected chi connectivity index (χ0v) is 50.8. The molecule has 0 N–H and O–H groups in total. The highest BCUT2D eigenvalue weighted by Gasteiger charge is 2.30. The third-order valence-corrected chi connectivity index (χ3v) is 19.2. The average molecular weight is 1140 g/mol. The molecule has 4 nitrogen and oxygen atoms in total. The molecule has 89 heavy (non-hydrogen) atoms. The zero-order valence-electron chi connectivity index (χ0n) is 50.8. The lowest BCUT2D eigenvalue weighted by molar-refractivity contribution is 1.15. The second kappa shape index (κ2) is 20.4. The summed E-state index contributed by atoms with van der Waals surface area (Å²) in [5.41, 5.74) is 30.4. The van der Waals surface area contributed by atoms with Crippen molar-refractivity contribution in [3.8, 4) is 45.0 Å². The van der Waals surface area contributed by atoms with E-state index in [2.05, 4.69) is 333 Å². The van der Waals surface area contributed by atoms with Gasteiger partial charge in [0.05, 0.1) is 44.1 Å². The summed E-state index contributed by atoms with van der Waals surface area (Å²) in [7, 11) is 0. The zero-order chi connectivity index (χ0) is 59.8. The Bertz CT molecular complexity index is 5650. The predicted molar refractivity (Wildman–Crippen MR) is 381 cm³/mol. The molecule has 0 saturated heterocycles. The lowest BCUT2D eigenvalue weighted by Gasteiger charge is -2.26. The molecule has 17 aromatic rings. The van der Waals surface area contributed by atoms with Gasteiger partial charge in [0.1, 0.15) is 0 Å². The first kappa shape index (κ1) is 52.5. The summed E-state index contributed by atoms with van der Waals surface area (Å²) in [6.45, 7) is 13.7. The van der Waals surface area contributed by atoms with Crippen LogP contribution in [0, 0.1) is 41.5 Å². The molecule has 0 spiro atoms. The monoisotopic (exact) mass is 1140 g/mol. The van der Waals surface area contributed by atoms with Gasteiger partial charge in [-0.25, -0.2) is 0 Å². The summed E-state index contributed by atoms with van der Waals surface area (Å²) in [4.78, 5) is 0. The maximum Gasteiger partial charge on any atom is 0.242 e. The molecule has 0 aliphatic rings. The molecule has 17 rings (SSSR count). The summed E-state index contributed by atoms with van der Waals surface area (Å²) in [5.74, 6) is 0. The Morgan fingerprint density at radius 2 is 0.573 bits per heavy atom. The average Bonchev–Trinajstić information content (AvgIpc) is 1.82. The molecule has 0 amide bonds. The van der Waals surface area contributed by atoms with Crippen LogP contribution in [-0.4, -0.2) is 25.0 Å². The van der Waals surface area contributed by atoms with Gasteiger partial charge in [-0.05, 0) is 155 Å². The number of fused-ring (bicyclic) bond motifs is 13. The number of nitrogens with zero attached hydrogens (tertiary/aromatic N) is 4. The van der Waals surface area contributed by atoms with Gasteiger partial charge < -0.3 is 18.3 Å². The number of aryl methyl sites for hydroxylation is 6. The van der Waals surface area contributed by atoms with Crippen LogP contribution in [0.3, 0.4) is 0 Å². The third-order valence-electron chi connectivity index (χ3n) is 19.2. The molecule has 5 heteroatoms. The number of hydrogen-bond acceptors (Lipinski definition) is 0. The van der Waals surface area contributed by atoms with Gasteiger partial charge in [0.2, 0.25) is 6.71 Å². The Hall–Kier alpha value is -10.9. The highest BCUT2D eigenvalue weighted by Crippen LogP contribution is 2.44. The Balaban J connectivity index is 0.918. The van der Waals surface area contributed by atoms with Gasteiger partial charge >= 0.3 is 0 Å². The Labute approximate surface area is 518 Å². The molecular weight excluding hydrogens is 1080 g/mol. The van der Waals surface area contributed by atoms with E-state index in [-0.39, 0.29) is 6.71 Å². The summed E-state index contributed by atoms with van der Waals surface area (Å²) in [6, 6.07) is 102. The van der Waals surface area contributed by atoms with E-state index in [1.165, 1.54) is 137 Å². The fourth-order valence-corrected chi connectivity index (χ4v) is 15.8. The van der Waals surface area contributed by atoms with E-state index in [0.29, 0.717) is 0 Å². The first-order valence-corrected chi connectivity index (χ1v) is 31.2. The minimum atomic E-state index is -0.0529. The molecule has 0 fully saturated rings. The molecule has 0 saturated carbocycles. The Kier molecular flexibility index (Phi) is 12.0. The van der Waals surface area contributed by atoms with Gasteiger partial charge in [-0.15, -0.1) is 0 Å². The predicted octanol–water partition coefficient (Wildman–Crippen LogP) is 19.8. The largest absolute Gasteiger partial charge is 0.309 e. The third kappa shape index (κ3) is 8.22. The van der Waals surface area contributed by atoms with Gasteiger partial charge in [0.25, 0.3) is 0 Å². The normalized spacial score (nSPS) is 11.9. The van der Waals surface area contributed by atoms with Crippen LogP contribution in [0.4, 0.5) is 0 Å². The van der Waals surface area contributed by atoms with Crippen LogP contribution >= 0.6 is 0 Å². The topological polar surface area (TPSA) is 19.7 Å². The SMILES string of the molecule is Cc1cc(C)c(B(c2cc(-c3cccc(-n4c5ccccc5c5cc6c7ccccc7n(-c7ccccc7)c6cc54)c3)cc(-c3cccc(-n4c5ccccc5c5ccc6c7ccccc7n(-c7ccccc7)c6c54)c3)c2)c2c(C)cc(C)cc2C)c(C)c1. The number of rotatable bonds is 9. The highest BCUT2D eigenvalue weighted by molar-refractivity contribution is 6.96. The van der Waals surface area contributed by atoms with E-state index in [1.54, 1.807) is 0 Å². The second-order valence-corrected chi connectivity index (χ2v) is 24.8. The maximum atomic E-state index is 2.53. The maximum absolute atomic E-state index is 2.53. The van der Waals surface area contributed by atoms with Crippen molar-refractivity contribution < 1.29 is 0 Å². The molecule has 4 aromatic heterocycles. The minimum absolute atomic E-state index is 0.0529. The first-order chi connectivity index (χ1) is 43.6. The van der Waals surface area contributed by atoms with Crippen LogP contribution in [0.5, 0.6) is 0 Å². The van der Waals surface area contributed by atoms with Crippen LogP contribution in [0.25, 0.3) is 132 Å². The van der Waals surface area contributed by atoms with Crippen LogP contribution in [0.15, 0.2) is 273 Å². The lowest BCUT2D eigenvalue weighted by Crippen LogP contribution is -2.56. The van der Waals surface area contributed by atoms with E-state index in [0.717, 1.165) is 45.0 Å². The molecule has 422 valence electrons. The summed E-state index contributed by atoms with van der Waals surface area (Å²) < 4.78 is 9.94. The Morgan fingerprint density at radius 1 is 0.225 bits per heavy atom. The standard InChI is InChI=1S/C84H63BN4/c1-52-41-54(3)81(55(4)42-52)85(82-56(5)43-53(2)44-57(82)6)62-46-60(58-23-21-29-65(48-58)87-76-36-18-16-34-70(76)74-50-73-69-33-15-17-35-75(69)86(79(73)51-80(74)87)63-25-9-7-10-26-63)45-61(47-62)59-24-22-30-66(49-59)89-78-38-20-14-32-68(78)72-40-39-71-67-31-13-19-37-77(67)88(83(71)84(72)89)64-27-11-8-12-28-64/h7-51H,1-6H3. The van der Waals surface area contributed by atoms with Crippen LogP contribution in [0.2, 0.25) is 0 Å². The van der Waals surface area contributed by atoms with E-state index in [4.69, 9.17) is 0 Å². The van der Waals surface area contributed by atoms with E-state index < -0.39 is 0 Å². The van der Waals surface area contributed by atoms with Crippen molar-refractivity contribution >= 4 is 110 Å². The fourth-order valence-electron chi connectivity index (χ4n) is 15.8. The molecular formula is C84H63BN4. The number of benzene rings is 13. The van der Waals surface area contributed by atoms with Crippen molar-refractivity contribution in [2.75, 3.05) is 0 Å². The number of hydrogen-bond donors (Lipinski definition) is 0. The molecule has 13 aromatic carbocycles. The molecule has 0 bridgehead atoms. The molecule has 0 unspecified atom stereocenters. The van der Waals surface area contributed by atoms with Crippen molar-refractivity contribution in [3.63, 3.8) is 0 Å². The van der Waals surface area contributed by atoms with Crippen molar-refractivity contribution in [1.29, 1.82) is 0 Å². The molecule has 0 atom stereocenters. The van der Waals surface area contributed by atoms with Gasteiger partial charge in [-0.2, -0.15) is 0 Å². The molecule has 4 heterocycles. The van der Waals surface area contributed by atoms with Crippen LogP contribution < -0.4 is 16.4 Å². The summed E-state index contributed by atoms with van der Waals surface area (Å²) >= 11 is 0. The molecule has 0 aliphatic heterocycles. The van der Waals surface area contributed by atoms with Crippen molar-refractivity contribution in [1.82, 2.24) is 18.3 Å². The summed E-state index contributed by atoms with van der Waals surface area (Å²) in [5, 5.41) is 9.89. The summed E-state index contributed by atoms with van der Waals surface area (Å²) in [6.07, 6.45) is 0. The second-order valence-electron chi connectivity index (χ2n) is 24.8. The number of para-hydroxylation sites is 6. The number of aromatic nitrogens is 4. The first-order valence-electron chi connectivity index (χ1n) is 31.2. The van der Waals surface area contributed by atoms with Gasteiger partial charge in [0, 0.05) is 65.8 Å². The van der Waals surface area contributed by atoms with Crippen LogP contribution in [-0.2, 0) is 0 Å². The fraction of sp³-hybridized carbons (Fsp3) is 0.0714. The molecule has 0 radical (unpaired) electrons. The van der Waals surface area contributed by atoms with E-state index in [1.807, 2.05) is 0 Å². The quantitative estimate of drug-likeness (QED) is 0.128. The van der Waals surface area contributed by atoms with Crippen molar-refractivity contribution in [2.45, 2.75) is 41.5 Å². The van der Waals surface area contributed by atoms with E-state index >= 15 is 0 Å². The van der Waals surface area contributed by atoms with Gasteiger partial charge in [-0.3, -0.25) is 0 Å².